The van der Waals surface area contributed by atoms with Crippen molar-refractivity contribution in [2.75, 3.05) is 37.8 Å². The van der Waals surface area contributed by atoms with Crippen LogP contribution in [0, 0.1) is 5.92 Å². The average molecular weight is 261 g/mol. The molecule has 0 aromatic heterocycles. The van der Waals surface area contributed by atoms with Crippen molar-refractivity contribution in [2.45, 2.75) is 39.4 Å². The first-order valence-electron chi connectivity index (χ1n) is 6.88. The molecule has 1 aliphatic heterocycles. The summed E-state index contributed by atoms with van der Waals surface area (Å²) in [6.07, 6.45) is 3.67. The van der Waals surface area contributed by atoms with Gasteiger partial charge in [0.05, 0.1) is 0 Å². The molecule has 0 unspecified atom stereocenters. The summed E-state index contributed by atoms with van der Waals surface area (Å²) in [5.74, 6) is 3.56. The SMILES string of the molecule is CCOC(CCNCC1CCSCC1)OCC. The third-order valence-corrected chi connectivity index (χ3v) is 4.08. The zero-order valence-electron chi connectivity index (χ0n) is 11.2. The van der Waals surface area contributed by atoms with Gasteiger partial charge in [0.25, 0.3) is 0 Å². The Morgan fingerprint density at radius 3 is 2.41 bits per heavy atom. The second-order valence-electron chi connectivity index (χ2n) is 4.39. The van der Waals surface area contributed by atoms with Gasteiger partial charge in [0.1, 0.15) is 0 Å². The molecule has 0 atom stereocenters. The molecule has 0 bridgehead atoms. The van der Waals surface area contributed by atoms with E-state index in [1.807, 2.05) is 13.8 Å². The van der Waals surface area contributed by atoms with Gasteiger partial charge < -0.3 is 14.8 Å². The Kier molecular flexibility index (Phi) is 9.16. The maximum atomic E-state index is 5.51. The minimum absolute atomic E-state index is 0.0283. The fourth-order valence-electron chi connectivity index (χ4n) is 2.06. The summed E-state index contributed by atoms with van der Waals surface area (Å²) in [6.45, 7) is 7.63. The molecule has 1 N–H and O–H groups in total. The molecule has 17 heavy (non-hydrogen) atoms. The number of ether oxygens (including phenoxy) is 2. The van der Waals surface area contributed by atoms with Crippen LogP contribution in [0.3, 0.4) is 0 Å². The van der Waals surface area contributed by atoms with E-state index in [4.69, 9.17) is 9.47 Å². The van der Waals surface area contributed by atoms with Gasteiger partial charge in [-0.1, -0.05) is 0 Å². The summed E-state index contributed by atoms with van der Waals surface area (Å²) in [6, 6.07) is 0. The smallest absolute Gasteiger partial charge is 0.158 e. The molecule has 1 heterocycles. The molecule has 0 spiro atoms. The Labute approximate surface area is 110 Å². The minimum atomic E-state index is -0.0283. The summed E-state index contributed by atoms with van der Waals surface area (Å²) in [5.41, 5.74) is 0. The zero-order valence-corrected chi connectivity index (χ0v) is 12.1. The summed E-state index contributed by atoms with van der Waals surface area (Å²) in [5, 5.41) is 3.53. The van der Waals surface area contributed by atoms with Crippen LogP contribution in [0.1, 0.15) is 33.1 Å². The molecule has 0 aromatic carbocycles. The molecular weight excluding hydrogens is 234 g/mol. The highest BCUT2D eigenvalue weighted by Gasteiger charge is 2.13. The van der Waals surface area contributed by atoms with Gasteiger partial charge in [-0.2, -0.15) is 11.8 Å². The second-order valence-corrected chi connectivity index (χ2v) is 5.61. The van der Waals surface area contributed by atoms with E-state index in [0.29, 0.717) is 0 Å². The largest absolute Gasteiger partial charge is 0.353 e. The normalized spacial score (nSPS) is 17.8. The molecule has 0 radical (unpaired) electrons. The van der Waals surface area contributed by atoms with Gasteiger partial charge in [0.2, 0.25) is 0 Å². The molecule has 1 fully saturated rings. The molecule has 3 nitrogen and oxygen atoms in total. The van der Waals surface area contributed by atoms with Gasteiger partial charge in [-0.3, -0.25) is 0 Å². The number of nitrogens with one attached hydrogen (secondary N) is 1. The fraction of sp³-hybridized carbons (Fsp3) is 1.00. The van der Waals surface area contributed by atoms with Crippen LogP contribution in [0.25, 0.3) is 0 Å². The van der Waals surface area contributed by atoms with Gasteiger partial charge in [-0.15, -0.1) is 0 Å². The van der Waals surface area contributed by atoms with Gasteiger partial charge in [-0.05, 0) is 57.2 Å². The van der Waals surface area contributed by atoms with E-state index in [1.54, 1.807) is 0 Å². The first-order valence-corrected chi connectivity index (χ1v) is 8.04. The van der Waals surface area contributed by atoms with E-state index in [0.717, 1.165) is 38.6 Å². The first kappa shape index (κ1) is 15.3. The van der Waals surface area contributed by atoms with Crippen molar-refractivity contribution in [2.24, 2.45) is 5.92 Å². The Bertz CT molecular complexity index is 169. The lowest BCUT2D eigenvalue weighted by atomic mass is 10.0. The van der Waals surface area contributed by atoms with Crippen LogP contribution in [-0.4, -0.2) is 44.1 Å². The Hall–Kier alpha value is 0.230. The third-order valence-electron chi connectivity index (χ3n) is 3.04. The van der Waals surface area contributed by atoms with Crippen LogP contribution in [0.2, 0.25) is 0 Å². The van der Waals surface area contributed by atoms with Crippen molar-refractivity contribution in [1.29, 1.82) is 0 Å². The van der Waals surface area contributed by atoms with Crippen LogP contribution in [0.4, 0.5) is 0 Å². The summed E-state index contributed by atoms with van der Waals surface area (Å²) in [7, 11) is 0. The molecule has 0 aliphatic carbocycles. The van der Waals surface area contributed by atoms with E-state index in [2.05, 4.69) is 17.1 Å². The van der Waals surface area contributed by atoms with Gasteiger partial charge in [-0.25, -0.2) is 0 Å². The maximum Gasteiger partial charge on any atom is 0.158 e. The topological polar surface area (TPSA) is 30.5 Å². The van der Waals surface area contributed by atoms with E-state index >= 15 is 0 Å². The molecule has 0 aromatic rings. The predicted molar refractivity (Wildman–Crippen MR) is 74.6 cm³/mol. The molecule has 1 saturated heterocycles. The first-order chi connectivity index (χ1) is 8.36. The van der Waals surface area contributed by atoms with Crippen molar-refractivity contribution in [3.63, 3.8) is 0 Å². The van der Waals surface area contributed by atoms with Crippen molar-refractivity contribution in [3.05, 3.63) is 0 Å². The molecule has 1 aliphatic rings. The molecule has 0 amide bonds. The average Bonchev–Trinajstić information content (AvgIpc) is 2.36. The van der Waals surface area contributed by atoms with E-state index in [1.165, 1.54) is 24.3 Å². The van der Waals surface area contributed by atoms with Crippen LogP contribution in [0.5, 0.6) is 0 Å². The summed E-state index contributed by atoms with van der Waals surface area (Å²) >= 11 is 2.09. The van der Waals surface area contributed by atoms with Gasteiger partial charge >= 0.3 is 0 Å². The predicted octanol–water partition coefficient (Wildman–Crippen LogP) is 2.51. The lowest BCUT2D eigenvalue weighted by molar-refractivity contribution is -0.138. The highest BCUT2D eigenvalue weighted by Crippen LogP contribution is 2.21. The van der Waals surface area contributed by atoms with E-state index in [-0.39, 0.29) is 6.29 Å². The maximum absolute atomic E-state index is 5.51. The van der Waals surface area contributed by atoms with Crippen LogP contribution < -0.4 is 5.32 Å². The Balaban J connectivity index is 2.00. The summed E-state index contributed by atoms with van der Waals surface area (Å²) < 4.78 is 11.0. The van der Waals surface area contributed by atoms with Crippen molar-refractivity contribution >= 4 is 11.8 Å². The Morgan fingerprint density at radius 2 is 1.82 bits per heavy atom. The third kappa shape index (κ3) is 7.29. The molecule has 102 valence electrons. The fourth-order valence-corrected chi connectivity index (χ4v) is 3.27. The molecule has 1 rings (SSSR count). The highest BCUT2D eigenvalue weighted by atomic mass is 32.2. The lowest BCUT2D eigenvalue weighted by Gasteiger charge is -2.22. The summed E-state index contributed by atoms with van der Waals surface area (Å²) in [4.78, 5) is 0. The zero-order chi connectivity index (χ0) is 12.3. The Morgan fingerprint density at radius 1 is 1.18 bits per heavy atom. The molecular formula is C13H27NO2S. The highest BCUT2D eigenvalue weighted by molar-refractivity contribution is 7.99. The quantitative estimate of drug-likeness (QED) is 0.510. The molecule has 0 saturated carbocycles. The monoisotopic (exact) mass is 261 g/mol. The van der Waals surface area contributed by atoms with Crippen LogP contribution in [-0.2, 0) is 9.47 Å². The van der Waals surface area contributed by atoms with Crippen molar-refractivity contribution in [3.8, 4) is 0 Å². The minimum Gasteiger partial charge on any atom is -0.353 e. The van der Waals surface area contributed by atoms with Crippen LogP contribution >= 0.6 is 11.8 Å². The van der Waals surface area contributed by atoms with E-state index in [9.17, 15) is 0 Å². The second kappa shape index (κ2) is 10.2. The molecule has 4 heteroatoms. The number of hydrogen-bond donors (Lipinski definition) is 1. The van der Waals surface area contributed by atoms with Crippen LogP contribution in [0.15, 0.2) is 0 Å². The van der Waals surface area contributed by atoms with Crippen molar-refractivity contribution in [1.82, 2.24) is 5.32 Å². The number of rotatable bonds is 9. The van der Waals surface area contributed by atoms with Crippen molar-refractivity contribution < 1.29 is 9.47 Å². The standard InChI is InChI=1S/C13H27NO2S/c1-3-15-13(16-4-2)5-8-14-11-12-6-9-17-10-7-12/h12-14H,3-11H2,1-2H3. The van der Waals surface area contributed by atoms with Gasteiger partial charge in [0.15, 0.2) is 6.29 Å². The number of thioether (sulfide) groups is 1. The lowest BCUT2D eigenvalue weighted by Crippen LogP contribution is -2.29. The van der Waals surface area contributed by atoms with Gasteiger partial charge in [0, 0.05) is 19.6 Å². The number of hydrogen-bond acceptors (Lipinski definition) is 4. The van der Waals surface area contributed by atoms with E-state index < -0.39 is 0 Å².